The lowest BCUT2D eigenvalue weighted by Gasteiger charge is -2.12. The molecular weight excluding hydrogens is 374 g/mol. The number of nitrogens with one attached hydrogen (secondary N) is 1. The van der Waals surface area contributed by atoms with Crippen molar-refractivity contribution in [2.24, 2.45) is 0 Å². The topological polar surface area (TPSA) is 60.5 Å². The molecule has 1 N–H and O–H groups in total. The van der Waals surface area contributed by atoms with Gasteiger partial charge in [-0.15, -0.1) is 0 Å². The van der Waals surface area contributed by atoms with Crippen molar-refractivity contribution in [2.45, 2.75) is 13.0 Å². The van der Waals surface area contributed by atoms with Gasteiger partial charge in [-0.3, -0.25) is 5.32 Å². The number of alkyl halides is 2. The molecule has 2 aromatic rings. The van der Waals surface area contributed by atoms with Crippen LogP contribution in [0.15, 0.2) is 47.1 Å². The number of amides is 1. The molecule has 0 saturated heterocycles. The van der Waals surface area contributed by atoms with E-state index in [9.17, 15) is 13.6 Å². The van der Waals surface area contributed by atoms with Crippen molar-refractivity contribution in [3.63, 3.8) is 0 Å². The molecule has 0 fully saturated rings. The fraction of sp³-hybridized carbons (Fsp3) is 0.200. The van der Waals surface area contributed by atoms with Crippen LogP contribution in [0.4, 0.5) is 19.3 Å². The molecule has 0 atom stereocenters. The third-order valence-electron chi connectivity index (χ3n) is 2.61. The van der Waals surface area contributed by atoms with Crippen molar-refractivity contribution in [1.82, 2.24) is 4.98 Å². The monoisotopic (exact) mass is 386 g/mol. The summed E-state index contributed by atoms with van der Waals surface area (Å²) in [6.07, 6.45) is -2.00. The van der Waals surface area contributed by atoms with Crippen molar-refractivity contribution in [2.75, 3.05) is 11.9 Å². The summed E-state index contributed by atoms with van der Waals surface area (Å²) in [5, 5.41) is 2.42. The highest BCUT2D eigenvalue weighted by molar-refractivity contribution is 9.10. The highest BCUT2D eigenvalue weighted by atomic mass is 79.9. The number of ether oxygens (including phenoxy) is 2. The van der Waals surface area contributed by atoms with Crippen LogP contribution < -0.4 is 10.1 Å². The first-order chi connectivity index (χ1) is 11.0. The van der Waals surface area contributed by atoms with Crippen molar-refractivity contribution < 1.29 is 23.0 Å². The second-order valence-electron chi connectivity index (χ2n) is 4.40. The SMILES string of the molecule is O=C(Nc1cc(Br)cnc1OCC(F)F)OCc1ccccc1. The normalized spacial score (nSPS) is 10.4. The van der Waals surface area contributed by atoms with Crippen molar-refractivity contribution in [3.8, 4) is 5.88 Å². The molecule has 0 unspecified atom stereocenters. The Bertz CT molecular complexity index is 656. The first kappa shape index (κ1) is 17.1. The van der Waals surface area contributed by atoms with Crippen LogP contribution in [0.5, 0.6) is 5.88 Å². The summed E-state index contributed by atoms with van der Waals surface area (Å²) in [5.74, 6) is -0.106. The van der Waals surface area contributed by atoms with Gasteiger partial charge in [0.15, 0.2) is 6.61 Å². The van der Waals surface area contributed by atoms with Gasteiger partial charge in [-0.05, 0) is 27.6 Å². The van der Waals surface area contributed by atoms with Gasteiger partial charge in [0.25, 0.3) is 6.43 Å². The zero-order valence-corrected chi connectivity index (χ0v) is 13.4. The molecular formula is C15H13BrF2N2O3. The lowest BCUT2D eigenvalue weighted by Crippen LogP contribution is -2.16. The van der Waals surface area contributed by atoms with E-state index >= 15 is 0 Å². The Hall–Kier alpha value is -2.22. The largest absolute Gasteiger partial charge is 0.470 e. The molecule has 1 aromatic carbocycles. The quantitative estimate of drug-likeness (QED) is 0.806. The van der Waals surface area contributed by atoms with E-state index in [4.69, 9.17) is 9.47 Å². The van der Waals surface area contributed by atoms with E-state index in [0.29, 0.717) is 4.47 Å². The summed E-state index contributed by atoms with van der Waals surface area (Å²) in [6.45, 7) is -0.732. The Labute approximate surface area is 139 Å². The molecule has 1 amide bonds. The number of benzene rings is 1. The highest BCUT2D eigenvalue weighted by Gasteiger charge is 2.13. The predicted molar refractivity (Wildman–Crippen MR) is 83.7 cm³/mol. The van der Waals surface area contributed by atoms with E-state index in [1.807, 2.05) is 30.3 Å². The van der Waals surface area contributed by atoms with E-state index in [2.05, 4.69) is 26.2 Å². The fourth-order valence-corrected chi connectivity index (χ4v) is 1.97. The Balaban J connectivity index is 1.97. The van der Waals surface area contributed by atoms with Crippen LogP contribution in [0.3, 0.4) is 0 Å². The molecule has 8 heteroatoms. The summed E-state index contributed by atoms with van der Waals surface area (Å²) in [6, 6.07) is 10.6. The van der Waals surface area contributed by atoms with E-state index in [-0.39, 0.29) is 18.2 Å². The van der Waals surface area contributed by atoms with Crippen LogP contribution in [0.1, 0.15) is 5.56 Å². The smallest absolute Gasteiger partial charge is 0.412 e. The van der Waals surface area contributed by atoms with Crippen LogP contribution in [-0.2, 0) is 11.3 Å². The fourth-order valence-electron chi connectivity index (χ4n) is 1.64. The molecule has 0 radical (unpaired) electrons. The molecule has 0 aliphatic heterocycles. The van der Waals surface area contributed by atoms with Gasteiger partial charge >= 0.3 is 6.09 Å². The van der Waals surface area contributed by atoms with Gasteiger partial charge < -0.3 is 9.47 Å². The summed E-state index contributed by atoms with van der Waals surface area (Å²) in [7, 11) is 0. The first-order valence-corrected chi connectivity index (χ1v) is 7.38. The number of hydrogen-bond acceptors (Lipinski definition) is 4. The van der Waals surface area contributed by atoms with Crippen LogP contribution in [0, 0.1) is 0 Å². The molecule has 2 rings (SSSR count). The second-order valence-corrected chi connectivity index (χ2v) is 5.31. The molecule has 23 heavy (non-hydrogen) atoms. The van der Waals surface area contributed by atoms with Gasteiger partial charge in [0.05, 0.1) is 0 Å². The zero-order chi connectivity index (χ0) is 16.7. The van der Waals surface area contributed by atoms with Crippen LogP contribution in [-0.4, -0.2) is 24.1 Å². The maximum Gasteiger partial charge on any atom is 0.412 e. The van der Waals surface area contributed by atoms with Crippen LogP contribution >= 0.6 is 15.9 Å². The number of hydrogen-bond donors (Lipinski definition) is 1. The molecule has 122 valence electrons. The molecule has 0 aliphatic carbocycles. The third-order valence-corrected chi connectivity index (χ3v) is 3.05. The summed E-state index contributed by atoms with van der Waals surface area (Å²) < 4.78 is 34.9. The lowest BCUT2D eigenvalue weighted by atomic mass is 10.2. The van der Waals surface area contributed by atoms with Crippen molar-refractivity contribution >= 4 is 27.7 Å². The zero-order valence-electron chi connectivity index (χ0n) is 11.8. The van der Waals surface area contributed by atoms with Crippen molar-refractivity contribution in [3.05, 3.63) is 52.6 Å². The van der Waals surface area contributed by atoms with Crippen LogP contribution in [0.25, 0.3) is 0 Å². The van der Waals surface area contributed by atoms with Crippen molar-refractivity contribution in [1.29, 1.82) is 0 Å². The third kappa shape index (κ3) is 5.82. The Morgan fingerprint density at radius 3 is 2.74 bits per heavy atom. The van der Waals surface area contributed by atoms with Crippen LogP contribution in [0.2, 0.25) is 0 Å². The van der Waals surface area contributed by atoms with Gasteiger partial charge in [-0.25, -0.2) is 18.6 Å². The standard InChI is InChI=1S/C15H13BrF2N2O3/c16-11-6-12(14(19-7-11)22-9-13(17)18)20-15(21)23-8-10-4-2-1-3-5-10/h1-7,13H,8-9H2,(H,20,21). The minimum Gasteiger partial charge on any atom is -0.470 e. The van der Waals surface area contributed by atoms with E-state index in [1.165, 1.54) is 12.3 Å². The average molecular weight is 387 g/mol. The van der Waals surface area contributed by atoms with E-state index < -0.39 is 19.1 Å². The Kier molecular flexibility index (Phi) is 6.28. The summed E-state index contributed by atoms with van der Waals surface area (Å²) in [4.78, 5) is 15.7. The molecule has 0 aliphatic rings. The molecule has 1 aromatic heterocycles. The maximum atomic E-state index is 12.2. The maximum absolute atomic E-state index is 12.2. The molecule has 0 spiro atoms. The number of nitrogens with zero attached hydrogens (tertiary/aromatic N) is 1. The van der Waals surface area contributed by atoms with Gasteiger partial charge in [0.2, 0.25) is 5.88 Å². The van der Waals surface area contributed by atoms with E-state index in [1.54, 1.807) is 0 Å². The van der Waals surface area contributed by atoms with Gasteiger partial charge in [-0.2, -0.15) is 0 Å². The van der Waals surface area contributed by atoms with Gasteiger partial charge in [0, 0.05) is 10.7 Å². The minimum atomic E-state index is -2.64. The number of halogens is 3. The average Bonchev–Trinajstić information content (AvgIpc) is 2.53. The van der Waals surface area contributed by atoms with Gasteiger partial charge in [0.1, 0.15) is 12.3 Å². The number of rotatable bonds is 6. The number of carbonyl (C=O) groups excluding carboxylic acids is 1. The number of aromatic nitrogens is 1. The first-order valence-electron chi connectivity index (χ1n) is 6.59. The van der Waals surface area contributed by atoms with Gasteiger partial charge in [-0.1, -0.05) is 30.3 Å². The molecule has 0 saturated carbocycles. The number of pyridine rings is 1. The van der Waals surface area contributed by atoms with E-state index in [0.717, 1.165) is 5.56 Å². The predicted octanol–water partition coefficient (Wildman–Crippen LogP) is 4.24. The molecule has 5 nitrogen and oxygen atoms in total. The highest BCUT2D eigenvalue weighted by Crippen LogP contribution is 2.26. The second kappa shape index (κ2) is 8.42. The molecule has 1 heterocycles. The Morgan fingerprint density at radius 1 is 1.30 bits per heavy atom. The summed E-state index contributed by atoms with van der Waals surface area (Å²) in [5.41, 5.74) is 0.960. The number of carbonyl (C=O) groups is 1. The Morgan fingerprint density at radius 2 is 2.04 bits per heavy atom. The lowest BCUT2D eigenvalue weighted by molar-refractivity contribution is 0.0799. The minimum absolute atomic E-state index is 0.0847. The summed E-state index contributed by atoms with van der Waals surface area (Å²) >= 11 is 3.18. The number of anilines is 1. The molecule has 0 bridgehead atoms.